The van der Waals surface area contributed by atoms with Crippen LogP contribution in [0.1, 0.15) is 25.3 Å². The van der Waals surface area contributed by atoms with E-state index in [0.29, 0.717) is 5.92 Å². The lowest BCUT2D eigenvalue weighted by Crippen LogP contribution is -2.30. The molecule has 0 aliphatic carbocycles. The van der Waals surface area contributed by atoms with Crippen molar-refractivity contribution >= 4 is 0 Å². The van der Waals surface area contributed by atoms with Crippen LogP contribution in [0.5, 0.6) is 0 Å². The molecule has 0 aliphatic heterocycles. The van der Waals surface area contributed by atoms with E-state index in [1.54, 1.807) is 19.3 Å². The highest BCUT2D eigenvalue weighted by atomic mass is 16.4. The molecule has 76 valence electrons. The molecular formula is C10H14N2O2. The first kappa shape index (κ1) is 10.5. The van der Waals surface area contributed by atoms with Crippen LogP contribution in [0.15, 0.2) is 28.3 Å². The van der Waals surface area contributed by atoms with E-state index in [2.05, 4.69) is 5.16 Å². The summed E-state index contributed by atoms with van der Waals surface area (Å²) in [6.45, 7) is 4.03. The molecule has 1 rings (SSSR count). The first-order chi connectivity index (χ1) is 6.56. The molecule has 14 heavy (non-hydrogen) atoms. The predicted molar refractivity (Wildman–Crippen MR) is 53.1 cm³/mol. The predicted octanol–water partition coefficient (Wildman–Crippen LogP) is 0.799. The molecule has 0 amide bonds. The quantitative estimate of drug-likeness (QED) is 0.531. The van der Waals surface area contributed by atoms with E-state index in [4.69, 9.17) is 5.21 Å². The molecule has 0 unspecified atom stereocenters. The Bertz CT molecular complexity index is 447. The number of hydrogen-bond donors (Lipinski definition) is 1. The van der Waals surface area contributed by atoms with Gasteiger partial charge in [-0.15, -0.1) is 0 Å². The molecule has 0 spiro atoms. The normalized spacial score (nSPS) is 12.1. The summed E-state index contributed by atoms with van der Waals surface area (Å²) < 4.78 is 1.39. The maximum atomic E-state index is 11.5. The molecule has 0 aliphatic rings. The van der Waals surface area contributed by atoms with Crippen LogP contribution in [0.2, 0.25) is 0 Å². The molecule has 0 saturated heterocycles. The van der Waals surface area contributed by atoms with Gasteiger partial charge in [-0.3, -0.25) is 4.79 Å². The number of aromatic nitrogens is 1. The molecule has 0 fully saturated rings. The molecule has 1 aromatic heterocycles. The fourth-order valence-electron chi connectivity index (χ4n) is 1.14. The van der Waals surface area contributed by atoms with Crippen LogP contribution >= 0.6 is 0 Å². The van der Waals surface area contributed by atoms with E-state index in [-0.39, 0.29) is 10.9 Å². The molecule has 1 aromatic rings. The van der Waals surface area contributed by atoms with Gasteiger partial charge in [0.25, 0.3) is 5.56 Å². The number of rotatable bonds is 1. The summed E-state index contributed by atoms with van der Waals surface area (Å²) in [5.74, 6) is 0.294. The largest absolute Gasteiger partial charge is 0.410 e. The zero-order valence-electron chi connectivity index (χ0n) is 8.56. The highest BCUT2D eigenvalue weighted by Crippen LogP contribution is 2.09. The molecule has 0 atom stereocenters. The topological polar surface area (TPSA) is 54.6 Å². The van der Waals surface area contributed by atoms with Gasteiger partial charge in [0.15, 0.2) is 5.36 Å². The SMILES string of the molecule is CC(C)c1ccn(C)c(=O)c(=NO)c1. The lowest BCUT2D eigenvalue weighted by molar-refractivity contribution is 0.300. The number of hydrogen-bond acceptors (Lipinski definition) is 3. The third kappa shape index (κ3) is 2.02. The monoisotopic (exact) mass is 194 g/mol. The second kappa shape index (κ2) is 4.09. The zero-order chi connectivity index (χ0) is 10.7. The fraction of sp³-hybridized carbons (Fsp3) is 0.400. The molecule has 0 saturated carbocycles. The van der Waals surface area contributed by atoms with Gasteiger partial charge in [-0.25, -0.2) is 0 Å². The third-order valence-electron chi connectivity index (χ3n) is 2.11. The van der Waals surface area contributed by atoms with Crippen molar-refractivity contribution in [3.8, 4) is 0 Å². The minimum Gasteiger partial charge on any atom is -0.410 e. The summed E-state index contributed by atoms with van der Waals surface area (Å²) in [4.78, 5) is 11.5. The van der Waals surface area contributed by atoms with Crippen molar-refractivity contribution in [2.45, 2.75) is 19.8 Å². The van der Waals surface area contributed by atoms with Crippen LogP contribution < -0.4 is 10.9 Å². The maximum Gasteiger partial charge on any atom is 0.279 e. The molecule has 0 radical (unpaired) electrons. The van der Waals surface area contributed by atoms with Crippen LogP contribution in [-0.4, -0.2) is 9.77 Å². The van der Waals surface area contributed by atoms with Gasteiger partial charge >= 0.3 is 0 Å². The molecular weight excluding hydrogens is 180 g/mol. The van der Waals surface area contributed by atoms with Crippen LogP contribution in [0.25, 0.3) is 0 Å². The Kier molecular flexibility index (Phi) is 3.06. The Morgan fingerprint density at radius 3 is 2.64 bits per heavy atom. The van der Waals surface area contributed by atoms with Gasteiger partial charge in [-0.2, -0.15) is 0 Å². The second-order valence-electron chi connectivity index (χ2n) is 3.52. The van der Waals surface area contributed by atoms with Gasteiger partial charge in [0.05, 0.1) is 0 Å². The van der Waals surface area contributed by atoms with E-state index < -0.39 is 0 Å². The standard InChI is InChI=1S/C10H14N2O2/c1-7(2)8-4-5-12(3)10(13)9(6-8)11-14/h4-7,14H,1-3H3. The minimum atomic E-state index is -0.306. The Balaban J connectivity index is 3.62. The van der Waals surface area contributed by atoms with E-state index >= 15 is 0 Å². The van der Waals surface area contributed by atoms with E-state index in [1.807, 2.05) is 19.9 Å². The van der Waals surface area contributed by atoms with Crippen molar-refractivity contribution in [3.05, 3.63) is 39.6 Å². The molecule has 0 aromatic carbocycles. The van der Waals surface area contributed by atoms with E-state index in [9.17, 15) is 4.79 Å². The van der Waals surface area contributed by atoms with Gasteiger partial charge < -0.3 is 9.77 Å². The van der Waals surface area contributed by atoms with Crippen molar-refractivity contribution in [3.63, 3.8) is 0 Å². The lowest BCUT2D eigenvalue weighted by Gasteiger charge is -1.99. The third-order valence-corrected chi connectivity index (χ3v) is 2.11. The Labute approximate surface area is 82.1 Å². The van der Waals surface area contributed by atoms with Crippen molar-refractivity contribution in [1.82, 2.24) is 4.57 Å². The molecule has 0 bridgehead atoms. The van der Waals surface area contributed by atoms with Gasteiger partial charge in [0.2, 0.25) is 0 Å². The number of nitrogens with zero attached hydrogens (tertiary/aromatic N) is 2. The summed E-state index contributed by atoms with van der Waals surface area (Å²) in [6.07, 6.45) is 1.67. The van der Waals surface area contributed by atoms with E-state index in [0.717, 1.165) is 5.56 Å². The van der Waals surface area contributed by atoms with Crippen molar-refractivity contribution in [2.75, 3.05) is 0 Å². The Morgan fingerprint density at radius 2 is 2.14 bits per heavy atom. The average Bonchev–Trinajstić information content (AvgIpc) is 2.28. The first-order valence-electron chi connectivity index (χ1n) is 4.45. The molecule has 1 heterocycles. The van der Waals surface area contributed by atoms with Crippen LogP contribution in [-0.2, 0) is 7.05 Å². The summed E-state index contributed by atoms with van der Waals surface area (Å²) in [5, 5.41) is 11.7. The fourth-order valence-corrected chi connectivity index (χ4v) is 1.14. The summed E-state index contributed by atoms with van der Waals surface area (Å²) in [6, 6.07) is 3.45. The number of aryl methyl sites for hydroxylation is 1. The van der Waals surface area contributed by atoms with Gasteiger partial charge in [0, 0.05) is 13.2 Å². The van der Waals surface area contributed by atoms with Crippen LogP contribution in [0.4, 0.5) is 0 Å². The van der Waals surface area contributed by atoms with Gasteiger partial charge in [0.1, 0.15) is 0 Å². The summed E-state index contributed by atoms with van der Waals surface area (Å²) in [5.41, 5.74) is 0.662. The van der Waals surface area contributed by atoms with Gasteiger partial charge in [-0.05, 0) is 23.6 Å². The first-order valence-corrected chi connectivity index (χ1v) is 4.45. The molecule has 4 nitrogen and oxygen atoms in total. The zero-order valence-corrected chi connectivity index (χ0v) is 8.56. The van der Waals surface area contributed by atoms with Crippen molar-refractivity contribution < 1.29 is 5.21 Å². The summed E-state index contributed by atoms with van der Waals surface area (Å²) in [7, 11) is 1.63. The van der Waals surface area contributed by atoms with E-state index in [1.165, 1.54) is 4.57 Å². The summed E-state index contributed by atoms with van der Waals surface area (Å²) >= 11 is 0. The van der Waals surface area contributed by atoms with Gasteiger partial charge in [-0.1, -0.05) is 19.0 Å². The maximum absolute atomic E-state index is 11.5. The lowest BCUT2D eigenvalue weighted by atomic mass is 10.1. The second-order valence-corrected chi connectivity index (χ2v) is 3.52. The highest BCUT2D eigenvalue weighted by Gasteiger charge is 2.00. The minimum absolute atomic E-state index is 0.0706. The highest BCUT2D eigenvalue weighted by molar-refractivity contribution is 5.14. The van der Waals surface area contributed by atoms with Crippen molar-refractivity contribution in [2.24, 2.45) is 12.2 Å². The average molecular weight is 194 g/mol. The Hall–Kier alpha value is -1.58. The van der Waals surface area contributed by atoms with Crippen LogP contribution in [0.3, 0.4) is 0 Å². The van der Waals surface area contributed by atoms with Crippen molar-refractivity contribution in [1.29, 1.82) is 0 Å². The van der Waals surface area contributed by atoms with Crippen LogP contribution in [0, 0.1) is 0 Å². The Morgan fingerprint density at radius 1 is 1.50 bits per heavy atom. The molecule has 4 heteroatoms. The molecule has 1 N–H and O–H groups in total. The smallest absolute Gasteiger partial charge is 0.279 e.